The Bertz CT molecular complexity index is 469. The molecular weight excluding hydrogens is 332 g/mol. The van der Waals surface area contributed by atoms with E-state index in [0.717, 1.165) is 18.8 Å². The van der Waals surface area contributed by atoms with Gasteiger partial charge in [-0.05, 0) is 12.3 Å². The largest absolute Gasteiger partial charge is 0.507 e. The van der Waals surface area contributed by atoms with E-state index in [1.807, 2.05) is 0 Å². The zero-order valence-corrected chi connectivity index (χ0v) is 16.5. The number of aliphatic hydroxyl groups is 2. The van der Waals surface area contributed by atoms with Gasteiger partial charge in [-0.1, -0.05) is 78.1 Å². The first-order valence-corrected chi connectivity index (χ1v) is 10.3. The molecule has 1 heterocycles. The van der Waals surface area contributed by atoms with Gasteiger partial charge in [0.05, 0.1) is 6.61 Å². The van der Waals surface area contributed by atoms with Crippen molar-refractivity contribution in [1.29, 1.82) is 0 Å². The molecule has 2 atom stereocenters. The third kappa shape index (κ3) is 7.90. The molecule has 0 bridgehead atoms. The van der Waals surface area contributed by atoms with Crippen molar-refractivity contribution in [3.05, 3.63) is 11.3 Å². The second-order valence-electron chi connectivity index (χ2n) is 7.52. The van der Waals surface area contributed by atoms with Crippen molar-refractivity contribution < 1.29 is 24.5 Å². The monoisotopic (exact) mass is 368 g/mol. The Morgan fingerprint density at radius 2 is 1.62 bits per heavy atom. The summed E-state index contributed by atoms with van der Waals surface area (Å²) >= 11 is 0. The first kappa shape index (κ1) is 22.7. The van der Waals surface area contributed by atoms with Crippen LogP contribution in [0.3, 0.4) is 0 Å². The smallest absolute Gasteiger partial charge is 0.346 e. The van der Waals surface area contributed by atoms with Crippen LogP contribution in [-0.4, -0.2) is 34.7 Å². The number of hydrogen-bond donors (Lipinski definition) is 2. The molecule has 1 aliphatic heterocycles. The number of unbranched alkanes of at least 4 members (excludes halogenated alkanes) is 7. The zero-order chi connectivity index (χ0) is 19.4. The standard InChI is InChI=1S/C21H36O5/c1-3-4-5-9-12-16(2)13-10-7-6-8-11-14-17(23)19-20(24)18(15-22)26-21(19)25/h16,18,22,24H,3-15H2,1-2H3. The predicted octanol–water partition coefficient (Wildman–Crippen LogP) is 4.62. The van der Waals surface area contributed by atoms with Crippen LogP contribution in [-0.2, 0) is 14.3 Å². The summed E-state index contributed by atoms with van der Waals surface area (Å²) in [5.74, 6) is -0.824. The average Bonchev–Trinajstić information content (AvgIpc) is 2.91. The highest BCUT2D eigenvalue weighted by Gasteiger charge is 2.37. The molecule has 0 amide bonds. The van der Waals surface area contributed by atoms with E-state index in [1.165, 1.54) is 51.4 Å². The topological polar surface area (TPSA) is 83.8 Å². The summed E-state index contributed by atoms with van der Waals surface area (Å²) in [7, 11) is 0. The zero-order valence-electron chi connectivity index (χ0n) is 16.5. The Morgan fingerprint density at radius 1 is 1.04 bits per heavy atom. The van der Waals surface area contributed by atoms with Crippen LogP contribution in [0.1, 0.15) is 90.9 Å². The van der Waals surface area contributed by atoms with Crippen molar-refractivity contribution in [2.45, 2.75) is 97.0 Å². The van der Waals surface area contributed by atoms with Gasteiger partial charge in [0.2, 0.25) is 0 Å². The number of carbonyl (C=O) groups is 2. The van der Waals surface area contributed by atoms with Gasteiger partial charge in [0.1, 0.15) is 5.57 Å². The molecule has 0 fully saturated rings. The van der Waals surface area contributed by atoms with Gasteiger partial charge in [0, 0.05) is 6.42 Å². The average molecular weight is 369 g/mol. The maximum Gasteiger partial charge on any atom is 0.346 e. The molecule has 1 rings (SSSR count). The van der Waals surface area contributed by atoms with Crippen molar-refractivity contribution in [3.63, 3.8) is 0 Å². The summed E-state index contributed by atoms with van der Waals surface area (Å²) in [6.45, 7) is 4.07. The molecule has 0 aliphatic carbocycles. The van der Waals surface area contributed by atoms with E-state index in [2.05, 4.69) is 13.8 Å². The molecule has 0 aromatic rings. The summed E-state index contributed by atoms with van der Waals surface area (Å²) in [5.41, 5.74) is -0.277. The fourth-order valence-corrected chi connectivity index (χ4v) is 3.39. The molecule has 2 N–H and O–H groups in total. The van der Waals surface area contributed by atoms with Crippen LogP contribution in [0.2, 0.25) is 0 Å². The molecule has 0 aromatic heterocycles. The minimum atomic E-state index is -1.08. The van der Waals surface area contributed by atoms with E-state index < -0.39 is 24.4 Å². The number of hydrogen-bond acceptors (Lipinski definition) is 5. The maximum absolute atomic E-state index is 12.1. The normalized spacial score (nSPS) is 18.3. The van der Waals surface area contributed by atoms with Gasteiger partial charge >= 0.3 is 5.97 Å². The van der Waals surface area contributed by atoms with E-state index in [0.29, 0.717) is 6.42 Å². The number of ketones is 1. The molecule has 26 heavy (non-hydrogen) atoms. The van der Waals surface area contributed by atoms with Gasteiger partial charge in [0.15, 0.2) is 17.6 Å². The molecule has 1 aliphatic rings. The lowest BCUT2D eigenvalue weighted by Gasteiger charge is -2.10. The first-order chi connectivity index (χ1) is 12.5. The number of esters is 1. The van der Waals surface area contributed by atoms with Gasteiger partial charge in [-0.2, -0.15) is 0 Å². The van der Waals surface area contributed by atoms with E-state index >= 15 is 0 Å². The Morgan fingerprint density at radius 3 is 2.19 bits per heavy atom. The molecule has 150 valence electrons. The lowest BCUT2D eigenvalue weighted by atomic mass is 9.96. The molecule has 5 nitrogen and oxygen atoms in total. The summed E-state index contributed by atoms with van der Waals surface area (Å²) in [4.78, 5) is 23.6. The second kappa shape index (κ2) is 12.9. The fraction of sp³-hybridized carbons (Fsp3) is 0.810. The summed E-state index contributed by atoms with van der Waals surface area (Å²) in [5, 5.41) is 18.7. The van der Waals surface area contributed by atoms with Crippen molar-refractivity contribution >= 4 is 11.8 Å². The van der Waals surface area contributed by atoms with Crippen molar-refractivity contribution in [3.8, 4) is 0 Å². The summed E-state index contributed by atoms with van der Waals surface area (Å²) in [6.07, 6.45) is 12.3. The number of ether oxygens (including phenoxy) is 1. The number of rotatable bonds is 15. The highest BCUT2D eigenvalue weighted by atomic mass is 16.6. The Balaban J connectivity index is 2.08. The lowest BCUT2D eigenvalue weighted by Crippen LogP contribution is -2.15. The van der Waals surface area contributed by atoms with E-state index in [-0.39, 0.29) is 17.8 Å². The van der Waals surface area contributed by atoms with Gasteiger partial charge in [-0.15, -0.1) is 0 Å². The van der Waals surface area contributed by atoms with Crippen molar-refractivity contribution in [1.82, 2.24) is 0 Å². The molecule has 0 spiro atoms. The first-order valence-electron chi connectivity index (χ1n) is 10.3. The maximum atomic E-state index is 12.1. The van der Waals surface area contributed by atoms with E-state index in [1.54, 1.807) is 0 Å². The number of cyclic esters (lactones) is 1. The SMILES string of the molecule is CCCCCCC(C)CCCCCCCC(=O)C1=C(O)C(CO)OC1=O. The van der Waals surface area contributed by atoms with Gasteiger partial charge < -0.3 is 14.9 Å². The van der Waals surface area contributed by atoms with Gasteiger partial charge in [-0.3, -0.25) is 4.79 Å². The Hall–Kier alpha value is -1.36. The number of Topliss-reactive ketones (excluding diaryl/α,β-unsaturated/α-hetero) is 1. The van der Waals surface area contributed by atoms with Crippen molar-refractivity contribution in [2.24, 2.45) is 5.92 Å². The Labute approximate surface area is 157 Å². The fourth-order valence-electron chi connectivity index (χ4n) is 3.39. The van der Waals surface area contributed by atoms with Crippen LogP contribution in [0.5, 0.6) is 0 Å². The van der Waals surface area contributed by atoms with Crippen LogP contribution in [0.25, 0.3) is 0 Å². The minimum absolute atomic E-state index is 0.237. The van der Waals surface area contributed by atoms with Gasteiger partial charge in [-0.25, -0.2) is 4.79 Å². The molecule has 0 saturated heterocycles. The third-order valence-electron chi connectivity index (χ3n) is 5.11. The number of aliphatic hydroxyl groups excluding tert-OH is 2. The Kier molecular flexibility index (Phi) is 11.3. The molecule has 0 radical (unpaired) electrons. The molecule has 5 heteroatoms. The third-order valence-corrected chi connectivity index (χ3v) is 5.11. The summed E-state index contributed by atoms with van der Waals surface area (Å²) < 4.78 is 4.75. The molecule has 0 saturated carbocycles. The lowest BCUT2D eigenvalue weighted by molar-refractivity contribution is -0.142. The highest BCUT2D eigenvalue weighted by Crippen LogP contribution is 2.23. The predicted molar refractivity (Wildman–Crippen MR) is 102 cm³/mol. The van der Waals surface area contributed by atoms with E-state index in [9.17, 15) is 14.7 Å². The summed E-state index contributed by atoms with van der Waals surface area (Å²) in [6, 6.07) is 0. The van der Waals surface area contributed by atoms with Crippen LogP contribution in [0, 0.1) is 5.92 Å². The van der Waals surface area contributed by atoms with E-state index in [4.69, 9.17) is 9.84 Å². The highest BCUT2D eigenvalue weighted by molar-refractivity contribution is 6.19. The quantitative estimate of drug-likeness (QED) is 0.250. The van der Waals surface area contributed by atoms with Crippen LogP contribution >= 0.6 is 0 Å². The van der Waals surface area contributed by atoms with Crippen molar-refractivity contribution in [2.75, 3.05) is 6.61 Å². The van der Waals surface area contributed by atoms with Crippen LogP contribution in [0.15, 0.2) is 11.3 Å². The van der Waals surface area contributed by atoms with Crippen LogP contribution < -0.4 is 0 Å². The van der Waals surface area contributed by atoms with Gasteiger partial charge in [0.25, 0.3) is 0 Å². The molecular formula is C21H36O5. The van der Waals surface area contributed by atoms with Crippen LogP contribution in [0.4, 0.5) is 0 Å². The number of carbonyl (C=O) groups excluding carboxylic acids is 2. The minimum Gasteiger partial charge on any atom is -0.507 e. The molecule has 0 aromatic carbocycles. The second-order valence-corrected chi connectivity index (χ2v) is 7.52. The molecule has 2 unspecified atom stereocenters.